The van der Waals surface area contributed by atoms with Gasteiger partial charge in [0.05, 0.1) is 6.04 Å². The van der Waals surface area contributed by atoms with E-state index < -0.39 is 17.7 Å². The molecule has 0 spiro atoms. The molecule has 1 unspecified atom stereocenters. The number of nitrogens with two attached hydrogens (primary N) is 1. The fourth-order valence-corrected chi connectivity index (χ4v) is 2.27. The van der Waals surface area contributed by atoms with Crippen molar-refractivity contribution in [1.82, 2.24) is 5.43 Å². The zero-order valence-corrected chi connectivity index (χ0v) is 11.0. The zero-order chi connectivity index (χ0) is 14.0. The lowest BCUT2D eigenvalue weighted by Crippen LogP contribution is -2.29. The number of halogens is 3. The van der Waals surface area contributed by atoms with Crippen molar-refractivity contribution in [1.29, 1.82) is 0 Å². The molecule has 0 radical (unpaired) electrons. The van der Waals surface area contributed by atoms with E-state index in [-0.39, 0.29) is 0 Å². The van der Waals surface area contributed by atoms with Crippen LogP contribution in [0.5, 0.6) is 0 Å². The molecule has 1 atom stereocenters. The summed E-state index contributed by atoms with van der Waals surface area (Å²) in [6, 6.07) is 8.63. The smallest absolute Gasteiger partial charge is 0.159 e. The Kier molecular flexibility index (Phi) is 4.14. The SMILES string of the molecule is Cc1ccc(C(NN)c2ccc(F)c(F)c2)c(Cl)c1. The van der Waals surface area contributed by atoms with Crippen LogP contribution in [0.2, 0.25) is 5.02 Å². The van der Waals surface area contributed by atoms with Crippen molar-refractivity contribution in [3.05, 3.63) is 69.7 Å². The molecule has 3 N–H and O–H groups in total. The van der Waals surface area contributed by atoms with Crippen LogP contribution in [0.3, 0.4) is 0 Å². The van der Waals surface area contributed by atoms with Crippen molar-refractivity contribution in [3.8, 4) is 0 Å². The topological polar surface area (TPSA) is 38.0 Å². The van der Waals surface area contributed by atoms with Gasteiger partial charge >= 0.3 is 0 Å². The summed E-state index contributed by atoms with van der Waals surface area (Å²) in [7, 11) is 0. The van der Waals surface area contributed by atoms with Gasteiger partial charge in [-0.2, -0.15) is 0 Å². The Bertz CT molecular complexity index is 602. The van der Waals surface area contributed by atoms with E-state index in [1.165, 1.54) is 6.07 Å². The predicted molar refractivity (Wildman–Crippen MR) is 71.7 cm³/mol. The Morgan fingerprint density at radius 1 is 1.11 bits per heavy atom. The van der Waals surface area contributed by atoms with E-state index in [1.54, 1.807) is 6.07 Å². The van der Waals surface area contributed by atoms with Gasteiger partial charge in [-0.05, 0) is 41.8 Å². The van der Waals surface area contributed by atoms with Crippen LogP contribution in [-0.4, -0.2) is 0 Å². The van der Waals surface area contributed by atoms with Gasteiger partial charge in [0.1, 0.15) is 0 Å². The van der Waals surface area contributed by atoms with E-state index in [0.717, 1.165) is 17.7 Å². The molecule has 100 valence electrons. The summed E-state index contributed by atoms with van der Waals surface area (Å²) in [4.78, 5) is 0. The van der Waals surface area contributed by atoms with Crippen LogP contribution < -0.4 is 11.3 Å². The second-order valence-electron chi connectivity index (χ2n) is 4.30. The molecule has 0 fully saturated rings. The summed E-state index contributed by atoms with van der Waals surface area (Å²) in [6.45, 7) is 1.91. The maximum Gasteiger partial charge on any atom is 0.159 e. The normalized spacial score (nSPS) is 12.5. The van der Waals surface area contributed by atoms with Gasteiger partial charge in [-0.1, -0.05) is 29.8 Å². The number of aryl methyl sites for hydroxylation is 1. The van der Waals surface area contributed by atoms with Gasteiger partial charge < -0.3 is 0 Å². The molecule has 2 nitrogen and oxygen atoms in total. The number of benzene rings is 2. The number of nitrogens with one attached hydrogen (secondary N) is 1. The van der Waals surface area contributed by atoms with Crippen LogP contribution in [0.4, 0.5) is 8.78 Å². The van der Waals surface area contributed by atoms with Crippen LogP contribution in [-0.2, 0) is 0 Å². The monoisotopic (exact) mass is 282 g/mol. The molecule has 2 aromatic carbocycles. The molecular weight excluding hydrogens is 270 g/mol. The third-order valence-electron chi connectivity index (χ3n) is 2.91. The molecule has 0 saturated heterocycles. The van der Waals surface area contributed by atoms with Crippen molar-refractivity contribution in [2.75, 3.05) is 0 Å². The van der Waals surface area contributed by atoms with Crippen LogP contribution in [0.15, 0.2) is 36.4 Å². The fraction of sp³-hybridized carbons (Fsp3) is 0.143. The number of hydrazine groups is 1. The highest BCUT2D eigenvalue weighted by molar-refractivity contribution is 6.31. The molecule has 5 heteroatoms. The van der Waals surface area contributed by atoms with Crippen molar-refractivity contribution in [2.24, 2.45) is 5.84 Å². The highest BCUT2D eigenvalue weighted by Gasteiger charge is 2.17. The molecule has 0 bridgehead atoms. The van der Waals surface area contributed by atoms with E-state index in [0.29, 0.717) is 16.1 Å². The minimum absolute atomic E-state index is 0.497. The number of rotatable bonds is 3. The second-order valence-corrected chi connectivity index (χ2v) is 4.71. The summed E-state index contributed by atoms with van der Waals surface area (Å²) < 4.78 is 26.2. The zero-order valence-electron chi connectivity index (χ0n) is 10.3. The van der Waals surface area contributed by atoms with Gasteiger partial charge in [-0.25, -0.2) is 14.2 Å². The lowest BCUT2D eigenvalue weighted by atomic mass is 9.98. The molecule has 0 heterocycles. The third-order valence-corrected chi connectivity index (χ3v) is 3.24. The van der Waals surface area contributed by atoms with Crippen LogP contribution in [0, 0.1) is 18.6 Å². The number of hydrogen-bond acceptors (Lipinski definition) is 2. The molecule has 19 heavy (non-hydrogen) atoms. The van der Waals surface area contributed by atoms with Gasteiger partial charge in [-0.15, -0.1) is 0 Å². The summed E-state index contributed by atoms with van der Waals surface area (Å²) >= 11 is 6.16. The largest absolute Gasteiger partial charge is 0.271 e. The summed E-state index contributed by atoms with van der Waals surface area (Å²) in [6.07, 6.45) is 0. The van der Waals surface area contributed by atoms with Crippen LogP contribution in [0.1, 0.15) is 22.7 Å². The maximum atomic E-state index is 13.3. The van der Waals surface area contributed by atoms with Crippen molar-refractivity contribution >= 4 is 11.6 Å². The highest BCUT2D eigenvalue weighted by atomic mass is 35.5. The molecule has 0 aliphatic heterocycles. The molecule has 2 rings (SSSR count). The van der Waals surface area contributed by atoms with Crippen molar-refractivity contribution < 1.29 is 8.78 Å². The summed E-state index contributed by atoms with van der Waals surface area (Å²) in [5.41, 5.74) is 4.79. The van der Waals surface area contributed by atoms with Gasteiger partial charge in [-0.3, -0.25) is 5.84 Å². The fourth-order valence-electron chi connectivity index (χ4n) is 1.92. The van der Waals surface area contributed by atoms with Gasteiger partial charge in [0.2, 0.25) is 0 Å². The third kappa shape index (κ3) is 2.92. The van der Waals surface area contributed by atoms with Gasteiger partial charge in [0.25, 0.3) is 0 Å². The molecule has 2 aromatic rings. The first kappa shape index (κ1) is 13.9. The average molecular weight is 283 g/mol. The molecule has 0 aliphatic rings. The average Bonchev–Trinajstić information content (AvgIpc) is 2.37. The lowest BCUT2D eigenvalue weighted by Gasteiger charge is -2.18. The van der Waals surface area contributed by atoms with Gasteiger partial charge in [0, 0.05) is 5.02 Å². The van der Waals surface area contributed by atoms with Crippen LogP contribution >= 0.6 is 11.6 Å². The Hall–Kier alpha value is -1.49. The predicted octanol–water partition coefficient (Wildman–Crippen LogP) is 3.48. The molecule has 0 aromatic heterocycles. The molecule has 0 aliphatic carbocycles. The Morgan fingerprint density at radius 3 is 2.42 bits per heavy atom. The van der Waals surface area contributed by atoms with E-state index in [9.17, 15) is 8.78 Å². The summed E-state index contributed by atoms with van der Waals surface area (Å²) in [5.74, 6) is 3.70. The standard InChI is InChI=1S/C14H13ClF2N2/c1-8-2-4-10(11(15)6-8)14(19-18)9-3-5-12(16)13(17)7-9/h2-7,14,19H,18H2,1H3. The lowest BCUT2D eigenvalue weighted by molar-refractivity contribution is 0.504. The highest BCUT2D eigenvalue weighted by Crippen LogP contribution is 2.29. The number of hydrogen-bond donors (Lipinski definition) is 2. The molecule has 0 saturated carbocycles. The van der Waals surface area contributed by atoms with E-state index >= 15 is 0 Å². The Labute approximate surface area is 115 Å². The van der Waals surface area contributed by atoms with Crippen molar-refractivity contribution in [3.63, 3.8) is 0 Å². The van der Waals surface area contributed by atoms with E-state index in [4.69, 9.17) is 17.4 Å². The molecular formula is C14H13ClF2N2. The quantitative estimate of drug-likeness (QED) is 0.668. The Balaban J connectivity index is 2.46. The summed E-state index contributed by atoms with van der Waals surface area (Å²) in [5, 5.41) is 0.521. The molecule has 0 amide bonds. The second kappa shape index (κ2) is 5.65. The minimum atomic E-state index is -0.916. The van der Waals surface area contributed by atoms with Gasteiger partial charge in [0.15, 0.2) is 11.6 Å². The maximum absolute atomic E-state index is 13.3. The van der Waals surface area contributed by atoms with E-state index in [2.05, 4.69) is 5.43 Å². The first-order valence-corrected chi connectivity index (χ1v) is 6.08. The minimum Gasteiger partial charge on any atom is -0.271 e. The van der Waals surface area contributed by atoms with E-state index in [1.807, 2.05) is 19.1 Å². The van der Waals surface area contributed by atoms with Crippen molar-refractivity contribution in [2.45, 2.75) is 13.0 Å². The first-order valence-electron chi connectivity index (χ1n) is 5.70. The van der Waals surface area contributed by atoms with Crippen LogP contribution in [0.25, 0.3) is 0 Å². The first-order chi connectivity index (χ1) is 9.02. The Morgan fingerprint density at radius 2 is 1.84 bits per heavy atom.